The predicted molar refractivity (Wildman–Crippen MR) is 94.8 cm³/mol. The Balaban J connectivity index is 1.68. The van der Waals surface area contributed by atoms with E-state index in [9.17, 15) is 4.79 Å². The summed E-state index contributed by atoms with van der Waals surface area (Å²) in [4.78, 5) is 14.6. The summed E-state index contributed by atoms with van der Waals surface area (Å²) >= 11 is 0. The van der Waals surface area contributed by atoms with E-state index in [-0.39, 0.29) is 12.1 Å². The van der Waals surface area contributed by atoms with Gasteiger partial charge in [-0.25, -0.2) is 4.79 Å². The average Bonchev–Trinajstić information content (AvgIpc) is 3.28. The molecule has 7 nitrogen and oxygen atoms in total. The molecule has 1 fully saturated rings. The van der Waals surface area contributed by atoms with Crippen molar-refractivity contribution in [3.63, 3.8) is 0 Å². The van der Waals surface area contributed by atoms with E-state index < -0.39 is 0 Å². The molecule has 134 valence electrons. The van der Waals surface area contributed by atoms with Crippen LogP contribution in [0.25, 0.3) is 0 Å². The molecule has 1 aliphatic rings. The number of hydrogen-bond acceptors (Lipinski definition) is 5. The fourth-order valence-electron chi connectivity index (χ4n) is 3.21. The Bertz CT molecular complexity index is 710. The van der Waals surface area contributed by atoms with Crippen LogP contribution in [-0.4, -0.2) is 42.8 Å². The fraction of sp³-hybridized carbons (Fsp3) is 0.444. The SMILES string of the molecule is COc1ccccc1[C@H](CNC(=O)Nc1cc(C)on1)N1CCCC1. The minimum atomic E-state index is -0.299. The van der Waals surface area contributed by atoms with Crippen molar-refractivity contribution < 1.29 is 14.1 Å². The minimum Gasteiger partial charge on any atom is -0.496 e. The van der Waals surface area contributed by atoms with Gasteiger partial charge in [0.2, 0.25) is 0 Å². The van der Waals surface area contributed by atoms with Crippen molar-refractivity contribution in [2.75, 3.05) is 32.1 Å². The third-order valence-corrected chi connectivity index (χ3v) is 4.40. The monoisotopic (exact) mass is 344 g/mol. The summed E-state index contributed by atoms with van der Waals surface area (Å²) in [5.41, 5.74) is 1.09. The van der Waals surface area contributed by atoms with Crippen LogP contribution in [0.4, 0.5) is 10.6 Å². The second kappa shape index (κ2) is 8.02. The first-order valence-electron chi connectivity index (χ1n) is 8.52. The van der Waals surface area contributed by atoms with E-state index in [2.05, 4.69) is 26.8 Å². The first-order valence-corrected chi connectivity index (χ1v) is 8.52. The molecule has 2 aromatic rings. The maximum atomic E-state index is 12.2. The van der Waals surface area contributed by atoms with Crippen molar-refractivity contribution in [1.82, 2.24) is 15.4 Å². The summed E-state index contributed by atoms with van der Waals surface area (Å²) in [6.07, 6.45) is 2.35. The Kier molecular flexibility index (Phi) is 5.55. The highest BCUT2D eigenvalue weighted by atomic mass is 16.5. The zero-order chi connectivity index (χ0) is 17.6. The van der Waals surface area contributed by atoms with Gasteiger partial charge in [-0.1, -0.05) is 23.4 Å². The maximum absolute atomic E-state index is 12.2. The Morgan fingerprint density at radius 3 is 2.80 bits per heavy atom. The molecule has 25 heavy (non-hydrogen) atoms. The number of ether oxygens (including phenoxy) is 1. The second-order valence-corrected chi connectivity index (χ2v) is 6.16. The van der Waals surface area contributed by atoms with Crippen molar-refractivity contribution in [2.24, 2.45) is 0 Å². The largest absolute Gasteiger partial charge is 0.496 e. The smallest absolute Gasteiger partial charge is 0.320 e. The summed E-state index contributed by atoms with van der Waals surface area (Å²) in [7, 11) is 1.67. The lowest BCUT2D eigenvalue weighted by Crippen LogP contribution is -2.38. The Labute approximate surface area is 147 Å². The quantitative estimate of drug-likeness (QED) is 0.842. The lowest BCUT2D eigenvalue weighted by Gasteiger charge is -2.29. The number of benzene rings is 1. The van der Waals surface area contributed by atoms with Gasteiger partial charge >= 0.3 is 6.03 Å². The van der Waals surface area contributed by atoms with Crippen molar-refractivity contribution in [3.05, 3.63) is 41.7 Å². The second-order valence-electron chi connectivity index (χ2n) is 6.16. The molecule has 1 atom stereocenters. The van der Waals surface area contributed by atoms with Crippen LogP contribution < -0.4 is 15.4 Å². The molecule has 1 aliphatic heterocycles. The lowest BCUT2D eigenvalue weighted by molar-refractivity contribution is 0.224. The average molecular weight is 344 g/mol. The van der Waals surface area contributed by atoms with E-state index in [1.165, 1.54) is 12.8 Å². The first-order chi connectivity index (χ1) is 12.2. The maximum Gasteiger partial charge on any atom is 0.320 e. The molecule has 2 amide bonds. The lowest BCUT2D eigenvalue weighted by atomic mass is 10.0. The third kappa shape index (κ3) is 4.30. The summed E-state index contributed by atoms with van der Waals surface area (Å²) in [6.45, 7) is 4.31. The van der Waals surface area contributed by atoms with Crippen LogP contribution >= 0.6 is 0 Å². The number of likely N-dealkylation sites (tertiary alicyclic amines) is 1. The number of nitrogens with zero attached hydrogens (tertiary/aromatic N) is 2. The Morgan fingerprint density at radius 1 is 1.36 bits per heavy atom. The van der Waals surface area contributed by atoms with Crippen molar-refractivity contribution in [2.45, 2.75) is 25.8 Å². The van der Waals surface area contributed by atoms with Crippen LogP contribution in [-0.2, 0) is 0 Å². The van der Waals surface area contributed by atoms with Crippen LogP contribution in [0.2, 0.25) is 0 Å². The molecule has 1 aromatic heterocycles. The van der Waals surface area contributed by atoms with Crippen LogP contribution in [0.5, 0.6) is 5.75 Å². The molecular formula is C18H24N4O3. The number of amides is 2. The van der Waals surface area contributed by atoms with E-state index in [1.54, 1.807) is 20.1 Å². The molecular weight excluding hydrogens is 320 g/mol. The summed E-state index contributed by atoms with van der Waals surface area (Å²) in [5.74, 6) is 1.90. The number of nitrogens with one attached hydrogen (secondary N) is 2. The first kappa shape index (κ1) is 17.3. The van der Waals surface area contributed by atoms with E-state index in [1.807, 2.05) is 18.2 Å². The third-order valence-electron chi connectivity index (χ3n) is 4.40. The molecule has 1 aromatic carbocycles. The van der Waals surface area contributed by atoms with Gasteiger partial charge in [-0.15, -0.1) is 0 Å². The van der Waals surface area contributed by atoms with E-state index in [0.717, 1.165) is 24.4 Å². The molecule has 0 radical (unpaired) electrons. The van der Waals surface area contributed by atoms with Crippen LogP contribution in [0.15, 0.2) is 34.9 Å². The molecule has 2 N–H and O–H groups in total. The summed E-state index contributed by atoms with van der Waals surface area (Å²) < 4.78 is 10.5. The number of hydrogen-bond donors (Lipinski definition) is 2. The summed E-state index contributed by atoms with van der Waals surface area (Å²) in [6, 6.07) is 9.42. The Morgan fingerprint density at radius 2 is 2.12 bits per heavy atom. The molecule has 0 bridgehead atoms. The fourth-order valence-corrected chi connectivity index (χ4v) is 3.21. The van der Waals surface area contributed by atoms with Gasteiger partial charge < -0.3 is 14.6 Å². The number of aromatic nitrogens is 1. The molecule has 1 saturated heterocycles. The standard InChI is InChI=1S/C18H24N4O3/c1-13-11-17(21-25-13)20-18(23)19-12-15(22-9-5-6-10-22)14-7-3-4-8-16(14)24-2/h3-4,7-8,11,15H,5-6,9-10,12H2,1-2H3,(H2,19,20,21,23)/t15-/m0/s1. The number of carbonyl (C=O) groups excluding carboxylic acids is 1. The van der Waals surface area contributed by atoms with Crippen LogP contribution in [0.3, 0.4) is 0 Å². The zero-order valence-electron chi connectivity index (χ0n) is 14.6. The molecule has 7 heteroatoms. The molecule has 0 unspecified atom stereocenters. The van der Waals surface area contributed by atoms with Crippen LogP contribution in [0, 0.1) is 6.92 Å². The van der Waals surface area contributed by atoms with Gasteiger partial charge in [0.15, 0.2) is 5.82 Å². The normalized spacial score (nSPS) is 15.8. The highest BCUT2D eigenvalue weighted by molar-refractivity contribution is 5.88. The highest BCUT2D eigenvalue weighted by Gasteiger charge is 2.26. The van der Waals surface area contributed by atoms with Gasteiger partial charge in [-0.05, 0) is 38.9 Å². The van der Waals surface area contributed by atoms with Crippen molar-refractivity contribution >= 4 is 11.8 Å². The van der Waals surface area contributed by atoms with Crippen molar-refractivity contribution in [3.8, 4) is 5.75 Å². The number of para-hydroxylation sites is 1. The number of urea groups is 1. The number of rotatable bonds is 6. The van der Waals surface area contributed by atoms with Gasteiger partial charge in [0, 0.05) is 18.2 Å². The van der Waals surface area contributed by atoms with Gasteiger partial charge in [-0.2, -0.15) is 0 Å². The molecule has 0 aliphatic carbocycles. The van der Waals surface area contributed by atoms with E-state index in [0.29, 0.717) is 18.1 Å². The van der Waals surface area contributed by atoms with Crippen molar-refractivity contribution in [1.29, 1.82) is 0 Å². The number of methoxy groups -OCH3 is 1. The Hall–Kier alpha value is -2.54. The van der Waals surface area contributed by atoms with Gasteiger partial charge in [0.05, 0.1) is 13.2 Å². The molecule has 0 saturated carbocycles. The van der Waals surface area contributed by atoms with Gasteiger partial charge in [-0.3, -0.25) is 10.2 Å². The molecule has 3 rings (SSSR count). The summed E-state index contributed by atoms with van der Waals surface area (Å²) in [5, 5.41) is 9.39. The molecule has 2 heterocycles. The number of anilines is 1. The highest BCUT2D eigenvalue weighted by Crippen LogP contribution is 2.31. The number of carbonyl (C=O) groups is 1. The van der Waals surface area contributed by atoms with Gasteiger partial charge in [0.1, 0.15) is 11.5 Å². The predicted octanol–water partition coefficient (Wildman–Crippen LogP) is 2.95. The van der Waals surface area contributed by atoms with Crippen LogP contribution in [0.1, 0.15) is 30.2 Å². The van der Waals surface area contributed by atoms with Gasteiger partial charge in [0.25, 0.3) is 0 Å². The number of aryl methyl sites for hydroxylation is 1. The minimum absolute atomic E-state index is 0.0726. The molecule has 0 spiro atoms. The van der Waals surface area contributed by atoms with E-state index in [4.69, 9.17) is 9.26 Å². The topological polar surface area (TPSA) is 79.6 Å². The van der Waals surface area contributed by atoms with E-state index >= 15 is 0 Å². The zero-order valence-corrected chi connectivity index (χ0v) is 14.6.